The highest BCUT2D eigenvalue weighted by molar-refractivity contribution is 7.90. The maximum absolute atomic E-state index is 13.9. The molecule has 0 aliphatic carbocycles. The van der Waals surface area contributed by atoms with Crippen molar-refractivity contribution >= 4 is 27.3 Å². The van der Waals surface area contributed by atoms with Gasteiger partial charge in [0.1, 0.15) is 21.2 Å². The van der Waals surface area contributed by atoms with Gasteiger partial charge in [0.25, 0.3) is 5.91 Å². The van der Waals surface area contributed by atoms with E-state index in [1.54, 1.807) is 0 Å². The van der Waals surface area contributed by atoms with Gasteiger partial charge in [-0.2, -0.15) is 13.2 Å². The Hall–Kier alpha value is -2.14. The third-order valence-corrected chi connectivity index (χ3v) is 5.54. The Bertz CT molecular complexity index is 1050. The minimum Gasteiger partial charge on any atom is -0.339 e. The zero-order valence-corrected chi connectivity index (χ0v) is 18.7. The summed E-state index contributed by atoms with van der Waals surface area (Å²) in [5.41, 5.74) is -1.50. The number of sulfone groups is 1. The summed E-state index contributed by atoms with van der Waals surface area (Å²) >= 11 is 5.79. The number of hydrogen-bond acceptors (Lipinski definition) is 5. The minimum absolute atomic E-state index is 0.0658. The first-order valence-electron chi connectivity index (χ1n) is 8.88. The van der Waals surface area contributed by atoms with Gasteiger partial charge >= 0.3 is 6.18 Å². The molecule has 0 saturated carbocycles. The van der Waals surface area contributed by atoms with Gasteiger partial charge in [-0.25, -0.2) is 18.4 Å². The molecular formula is C18H22ClF3N4O3S. The van der Waals surface area contributed by atoms with Crippen LogP contribution in [0, 0.1) is 6.92 Å². The zero-order valence-electron chi connectivity index (χ0n) is 17.1. The van der Waals surface area contributed by atoms with Crippen molar-refractivity contribution in [1.29, 1.82) is 0 Å². The molecule has 0 aliphatic rings. The fraction of sp³-hybridized carbons (Fsp3) is 0.500. The molecule has 0 bridgehead atoms. The van der Waals surface area contributed by atoms with Crippen LogP contribution < -0.4 is 0 Å². The lowest BCUT2D eigenvalue weighted by atomic mass is 10.1. The number of halogens is 4. The summed E-state index contributed by atoms with van der Waals surface area (Å²) in [6, 6.07) is -0.719. The van der Waals surface area contributed by atoms with E-state index >= 15 is 0 Å². The minimum atomic E-state index is -4.74. The smallest absolute Gasteiger partial charge is 0.339 e. The van der Waals surface area contributed by atoms with Crippen LogP contribution in [-0.4, -0.2) is 59.4 Å². The highest BCUT2D eigenvalue weighted by Crippen LogP contribution is 2.42. The predicted molar refractivity (Wildman–Crippen MR) is 107 cm³/mol. The van der Waals surface area contributed by atoms with Gasteiger partial charge < -0.3 is 9.47 Å². The van der Waals surface area contributed by atoms with Crippen LogP contribution in [0.5, 0.6) is 0 Å². The molecule has 2 aromatic rings. The molecule has 0 fully saturated rings. The highest BCUT2D eigenvalue weighted by Gasteiger charge is 2.42. The van der Waals surface area contributed by atoms with Crippen LogP contribution in [0.15, 0.2) is 12.4 Å². The van der Waals surface area contributed by atoms with Crippen LogP contribution in [0.1, 0.15) is 41.6 Å². The lowest BCUT2D eigenvalue weighted by molar-refractivity contribution is -0.144. The fourth-order valence-corrected chi connectivity index (χ4v) is 3.79. The molecule has 0 N–H and O–H groups in total. The van der Waals surface area contributed by atoms with Gasteiger partial charge in [0.2, 0.25) is 0 Å². The number of carbonyl (C=O) groups excluding carboxylic acids is 1. The normalized spacial score (nSPS) is 12.5. The molecule has 2 rings (SSSR count). The van der Waals surface area contributed by atoms with Crippen LogP contribution in [-0.2, 0) is 16.0 Å². The Morgan fingerprint density at radius 2 is 1.80 bits per heavy atom. The SMILES string of the molecule is Cc1c(-c2ncc(Cl)cn2)c(C(=O)N(C)CCS(C)(=O)=O)n(C(C)C)c1C(F)(F)F. The molecular weight excluding hydrogens is 445 g/mol. The monoisotopic (exact) mass is 466 g/mol. The van der Waals surface area contributed by atoms with Crippen molar-refractivity contribution in [1.82, 2.24) is 19.4 Å². The Kier molecular flexibility index (Phi) is 6.87. The van der Waals surface area contributed by atoms with Crippen LogP contribution in [0.25, 0.3) is 11.4 Å². The molecule has 0 saturated heterocycles. The van der Waals surface area contributed by atoms with Crippen LogP contribution >= 0.6 is 11.6 Å². The Morgan fingerprint density at radius 1 is 1.27 bits per heavy atom. The topological polar surface area (TPSA) is 85.2 Å². The van der Waals surface area contributed by atoms with E-state index in [4.69, 9.17) is 11.6 Å². The first-order valence-corrected chi connectivity index (χ1v) is 11.3. The van der Waals surface area contributed by atoms with E-state index in [-0.39, 0.29) is 40.0 Å². The van der Waals surface area contributed by atoms with Crippen molar-refractivity contribution in [2.24, 2.45) is 0 Å². The number of nitrogens with zero attached hydrogens (tertiary/aromatic N) is 4. The molecule has 2 aromatic heterocycles. The Labute approximate surface area is 177 Å². The average molecular weight is 467 g/mol. The van der Waals surface area contributed by atoms with E-state index < -0.39 is 33.7 Å². The fourth-order valence-electron chi connectivity index (χ4n) is 3.08. The molecule has 7 nitrogen and oxygen atoms in total. The standard InChI is InChI=1S/C18H22ClF3N4O3S/c1-10(2)26-14(17(27)25(4)6-7-30(5,28)29)13(11(3)15(26)18(20,21)22)16-23-8-12(19)9-24-16/h8-10H,6-7H2,1-5H3. The number of carbonyl (C=O) groups is 1. The number of aromatic nitrogens is 3. The second kappa shape index (κ2) is 8.54. The van der Waals surface area contributed by atoms with E-state index in [1.807, 2.05) is 0 Å². The van der Waals surface area contributed by atoms with Crippen LogP contribution in [0.4, 0.5) is 13.2 Å². The number of amides is 1. The summed E-state index contributed by atoms with van der Waals surface area (Å²) in [6.45, 7) is 4.12. The molecule has 2 heterocycles. The largest absolute Gasteiger partial charge is 0.431 e. The van der Waals surface area contributed by atoms with Crippen molar-refractivity contribution in [2.45, 2.75) is 33.0 Å². The van der Waals surface area contributed by atoms with Crippen molar-refractivity contribution in [3.05, 3.63) is 34.4 Å². The average Bonchev–Trinajstić information content (AvgIpc) is 2.92. The Morgan fingerprint density at radius 3 is 2.23 bits per heavy atom. The first-order chi connectivity index (χ1) is 13.6. The number of alkyl halides is 3. The second-order valence-corrected chi connectivity index (χ2v) is 9.94. The summed E-state index contributed by atoms with van der Waals surface area (Å²) in [5.74, 6) is -1.17. The third kappa shape index (κ3) is 5.12. The van der Waals surface area contributed by atoms with E-state index in [9.17, 15) is 26.4 Å². The molecule has 0 aliphatic heterocycles. The van der Waals surface area contributed by atoms with Gasteiger partial charge in [-0.3, -0.25) is 4.79 Å². The van der Waals surface area contributed by atoms with E-state index in [0.717, 1.165) is 15.7 Å². The van der Waals surface area contributed by atoms with Gasteiger partial charge in [-0.1, -0.05) is 11.6 Å². The summed E-state index contributed by atoms with van der Waals surface area (Å²) in [4.78, 5) is 22.3. The second-order valence-electron chi connectivity index (χ2n) is 7.24. The van der Waals surface area contributed by atoms with Crippen molar-refractivity contribution in [3.8, 4) is 11.4 Å². The van der Waals surface area contributed by atoms with Gasteiger partial charge in [0.15, 0.2) is 5.82 Å². The highest BCUT2D eigenvalue weighted by atomic mass is 35.5. The summed E-state index contributed by atoms with van der Waals surface area (Å²) in [5, 5.41) is 0.189. The molecule has 12 heteroatoms. The van der Waals surface area contributed by atoms with Gasteiger partial charge in [-0.15, -0.1) is 0 Å². The summed E-state index contributed by atoms with van der Waals surface area (Å²) < 4.78 is 65.6. The molecule has 30 heavy (non-hydrogen) atoms. The predicted octanol–water partition coefficient (Wildman–Crippen LogP) is 3.62. The number of rotatable bonds is 6. The third-order valence-electron chi connectivity index (χ3n) is 4.42. The molecule has 0 spiro atoms. The number of hydrogen-bond donors (Lipinski definition) is 0. The van der Waals surface area contributed by atoms with Crippen LogP contribution in [0.2, 0.25) is 5.02 Å². The first kappa shape index (κ1) is 24.1. The lowest BCUT2D eigenvalue weighted by Crippen LogP contribution is -2.34. The van der Waals surface area contributed by atoms with Crippen molar-refractivity contribution in [2.75, 3.05) is 25.6 Å². The van der Waals surface area contributed by atoms with E-state index in [2.05, 4.69) is 9.97 Å². The van der Waals surface area contributed by atoms with Gasteiger partial charge in [0, 0.05) is 38.3 Å². The van der Waals surface area contributed by atoms with Crippen molar-refractivity contribution in [3.63, 3.8) is 0 Å². The lowest BCUT2D eigenvalue weighted by Gasteiger charge is -2.22. The quantitative estimate of drug-likeness (QED) is 0.649. The van der Waals surface area contributed by atoms with E-state index in [0.29, 0.717) is 0 Å². The molecule has 1 amide bonds. The molecule has 0 unspecified atom stereocenters. The maximum atomic E-state index is 13.9. The van der Waals surface area contributed by atoms with Gasteiger partial charge in [0.05, 0.1) is 16.3 Å². The van der Waals surface area contributed by atoms with Crippen LogP contribution in [0.3, 0.4) is 0 Å². The molecule has 166 valence electrons. The van der Waals surface area contributed by atoms with Crippen molar-refractivity contribution < 1.29 is 26.4 Å². The zero-order chi connectivity index (χ0) is 23.0. The Balaban J connectivity index is 2.78. The molecule has 0 atom stereocenters. The maximum Gasteiger partial charge on any atom is 0.431 e. The molecule has 0 radical (unpaired) electrons. The summed E-state index contributed by atoms with van der Waals surface area (Å²) in [6.07, 6.45) is -1.27. The molecule has 0 aromatic carbocycles. The van der Waals surface area contributed by atoms with E-state index in [1.165, 1.54) is 40.2 Å². The van der Waals surface area contributed by atoms with Gasteiger partial charge in [-0.05, 0) is 26.3 Å². The summed E-state index contributed by atoms with van der Waals surface area (Å²) in [7, 11) is -2.04.